The molecule has 0 aromatic heterocycles. The van der Waals surface area contributed by atoms with Crippen molar-refractivity contribution in [2.45, 2.75) is 39.2 Å². The Morgan fingerprint density at radius 1 is 1.28 bits per heavy atom. The van der Waals surface area contributed by atoms with E-state index in [1.807, 2.05) is 6.92 Å². The summed E-state index contributed by atoms with van der Waals surface area (Å²) < 4.78 is 26.0. The number of hydrogen-bond donors (Lipinski definition) is 1. The highest BCUT2D eigenvalue weighted by molar-refractivity contribution is 5.20. The van der Waals surface area contributed by atoms with E-state index < -0.39 is 11.6 Å². The number of halogens is 2. The van der Waals surface area contributed by atoms with Gasteiger partial charge in [0.15, 0.2) is 11.6 Å². The van der Waals surface area contributed by atoms with Crippen molar-refractivity contribution in [1.82, 2.24) is 5.32 Å². The van der Waals surface area contributed by atoms with E-state index in [0.29, 0.717) is 0 Å². The van der Waals surface area contributed by atoms with Crippen LogP contribution in [0.15, 0.2) is 18.2 Å². The Kier molecular flexibility index (Phi) is 4.33. The third kappa shape index (κ3) is 3.08. The quantitative estimate of drug-likeness (QED) is 0.853. The van der Waals surface area contributed by atoms with Crippen molar-refractivity contribution in [2.75, 3.05) is 6.54 Å². The molecule has 1 N–H and O–H groups in total. The fourth-order valence-corrected chi connectivity index (χ4v) is 2.75. The molecule has 100 valence electrons. The maximum atomic E-state index is 13.1. The molecule has 1 aliphatic carbocycles. The zero-order valence-electron chi connectivity index (χ0n) is 11.0. The Hall–Kier alpha value is -0.960. The third-order valence-electron chi connectivity index (χ3n) is 4.17. The first kappa shape index (κ1) is 13.5. The van der Waals surface area contributed by atoms with Crippen LogP contribution in [0.2, 0.25) is 0 Å². The fraction of sp³-hybridized carbons (Fsp3) is 0.600. The maximum absolute atomic E-state index is 13.1. The van der Waals surface area contributed by atoms with Crippen molar-refractivity contribution >= 4 is 0 Å². The molecular formula is C15H21F2N. The minimum atomic E-state index is -0.782. The zero-order chi connectivity index (χ0) is 13.1. The molecule has 2 rings (SSSR count). The van der Waals surface area contributed by atoms with Gasteiger partial charge in [-0.1, -0.05) is 25.8 Å². The van der Waals surface area contributed by atoms with Gasteiger partial charge in [-0.25, -0.2) is 8.78 Å². The lowest BCUT2D eigenvalue weighted by Crippen LogP contribution is -2.27. The van der Waals surface area contributed by atoms with Crippen LogP contribution in [0, 0.1) is 23.5 Å². The number of hydrogen-bond acceptors (Lipinski definition) is 1. The van der Waals surface area contributed by atoms with Gasteiger partial charge in [0.1, 0.15) is 0 Å². The monoisotopic (exact) mass is 253 g/mol. The van der Waals surface area contributed by atoms with Gasteiger partial charge < -0.3 is 5.32 Å². The van der Waals surface area contributed by atoms with Crippen molar-refractivity contribution in [2.24, 2.45) is 11.8 Å². The van der Waals surface area contributed by atoms with Gasteiger partial charge in [0.25, 0.3) is 0 Å². The van der Waals surface area contributed by atoms with Crippen LogP contribution in [0.5, 0.6) is 0 Å². The normalized spacial score (nSPS) is 25.3. The zero-order valence-corrected chi connectivity index (χ0v) is 11.0. The van der Waals surface area contributed by atoms with Gasteiger partial charge >= 0.3 is 0 Å². The van der Waals surface area contributed by atoms with Crippen LogP contribution in [0.25, 0.3) is 0 Å². The van der Waals surface area contributed by atoms with E-state index in [0.717, 1.165) is 23.9 Å². The Bertz CT molecular complexity index is 405. The summed E-state index contributed by atoms with van der Waals surface area (Å²) in [6.45, 7) is 5.25. The Morgan fingerprint density at radius 2 is 2.06 bits per heavy atom. The molecule has 1 aromatic rings. The van der Waals surface area contributed by atoms with Gasteiger partial charge in [0.2, 0.25) is 0 Å². The Morgan fingerprint density at radius 3 is 2.67 bits per heavy atom. The van der Waals surface area contributed by atoms with Crippen LogP contribution in [0.3, 0.4) is 0 Å². The number of nitrogens with one attached hydrogen (secondary N) is 1. The molecule has 0 bridgehead atoms. The first-order chi connectivity index (χ1) is 8.58. The SMILES string of the molecule is CC(NCC1CCCC1C)c1ccc(F)c(F)c1. The number of rotatable bonds is 4. The standard InChI is InChI=1S/C15H21F2N/c1-10-4-3-5-13(10)9-18-11(2)12-6-7-14(16)15(17)8-12/h6-8,10-11,13,18H,3-5,9H2,1-2H3. The molecule has 1 saturated carbocycles. The predicted molar refractivity (Wildman–Crippen MR) is 69.3 cm³/mol. The predicted octanol–water partition coefficient (Wildman–Crippen LogP) is 4.05. The molecule has 0 radical (unpaired) electrons. The highest BCUT2D eigenvalue weighted by atomic mass is 19.2. The molecule has 0 heterocycles. The molecule has 1 fully saturated rings. The van der Waals surface area contributed by atoms with E-state index in [9.17, 15) is 8.78 Å². The molecule has 1 nitrogen and oxygen atoms in total. The molecule has 0 spiro atoms. The average molecular weight is 253 g/mol. The van der Waals surface area contributed by atoms with Crippen LogP contribution in [0.1, 0.15) is 44.7 Å². The second-order valence-electron chi connectivity index (χ2n) is 5.47. The van der Waals surface area contributed by atoms with E-state index >= 15 is 0 Å². The van der Waals surface area contributed by atoms with E-state index in [4.69, 9.17) is 0 Å². The molecule has 0 saturated heterocycles. The topological polar surface area (TPSA) is 12.0 Å². The Labute approximate surface area is 108 Å². The summed E-state index contributed by atoms with van der Waals surface area (Å²) in [5.41, 5.74) is 0.805. The molecule has 0 amide bonds. The highest BCUT2D eigenvalue weighted by Gasteiger charge is 2.23. The highest BCUT2D eigenvalue weighted by Crippen LogP contribution is 2.31. The molecule has 3 atom stereocenters. The van der Waals surface area contributed by atoms with E-state index in [1.54, 1.807) is 6.07 Å². The van der Waals surface area contributed by atoms with Gasteiger partial charge in [0.05, 0.1) is 0 Å². The summed E-state index contributed by atoms with van der Waals surface area (Å²) in [5, 5.41) is 3.43. The largest absolute Gasteiger partial charge is 0.310 e. The summed E-state index contributed by atoms with van der Waals surface area (Å²) in [4.78, 5) is 0. The second-order valence-corrected chi connectivity index (χ2v) is 5.47. The van der Waals surface area contributed by atoms with Crippen LogP contribution in [0.4, 0.5) is 8.78 Å². The van der Waals surface area contributed by atoms with Gasteiger partial charge in [-0.15, -0.1) is 0 Å². The number of benzene rings is 1. The smallest absolute Gasteiger partial charge is 0.159 e. The summed E-state index contributed by atoms with van der Waals surface area (Å²) in [7, 11) is 0. The van der Waals surface area contributed by atoms with Crippen LogP contribution in [-0.2, 0) is 0 Å². The molecule has 0 aliphatic heterocycles. The summed E-state index contributed by atoms with van der Waals surface area (Å²) >= 11 is 0. The minimum absolute atomic E-state index is 0.0629. The third-order valence-corrected chi connectivity index (χ3v) is 4.17. The molecular weight excluding hydrogens is 232 g/mol. The minimum Gasteiger partial charge on any atom is -0.310 e. The lowest BCUT2D eigenvalue weighted by molar-refractivity contribution is 0.374. The van der Waals surface area contributed by atoms with E-state index in [2.05, 4.69) is 12.2 Å². The van der Waals surface area contributed by atoms with Gasteiger partial charge in [-0.05, 0) is 49.4 Å². The molecule has 18 heavy (non-hydrogen) atoms. The van der Waals surface area contributed by atoms with Crippen molar-refractivity contribution in [3.05, 3.63) is 35.4 Å². The lowest BCUT2D eigenvalue weighted by Gasteiger charge is -2.20. The van der Waals surface area contributed by atoms with Crippen molar-refractivity contribution in [3.8, 4) is 0 Å². The maximum Gasteiger partial charge on any atom is 0.159 e. The summed E-state index contributed by atoms with van der Waals surface area (Å²) in [6, 6.07) is 4.19. The first-order valence-electron chi connectivity index (χ1n) is 6.76. The van der Waals surface area contributed by atoms with Gasteiger partial charge in [0, 0.05) is 6.04 Å². The van der Waals surface area contributed by atoms with Crippen LogP contribution < -0.4 is 5.32 Å². The summed E-state index contributed by atoms with van der Waals surface area (Å²) in [5.74, 6) is -0.0573. The Balaban J connectivity index is 1.90. The second kappa shape index (κ2) is 5.79. The molecule has 1 aliphatic rings. The summed E-state index contributed by atoms with van der Waals surface area (Å²) in [6.07, 6.45) is 3.90. The fourth-order valence-electron chi connectivity index (χ4n) is 2.75. The van der Waals surface area contributed by atoms with Crippen molar-refractivity contribution < 1.29 is 8.78 Å². The van der Waals surface area contributed by atoms with E-state index in [1.165, 1.54) is 31.4 Å². The molecule has 3 unspecified atom stereocenters. The van der Waals surface area contributed by atoms with E-state index in [-0.39, 0.29) is 6.04 Å². The lowest BCUT2D eigenvalue weighted by atomic mass is 9.97. The first-order valence-corrected chi connectivity index (χ1v) is 6.76. The van der Waals surface area contributed by atoms with Gasteiger partial charge in [-0.2, -0.15) is 0 Å². The van der Waals surface area contributed by atoms with Crippen molar-refractivity contribution in [3.63, 3.8) is 0 Å². The average Bonchev–Trinajstić information content (AvgIpc) is 2.75. The molecule has 1 aromatic carbocycles. The molecule has 3 heteroatoms. The van der Waals surface area contributed by atoms with Crippen LogP contribution in [-0.4, -0.2) is 6.54 Å². The van der Waals surface area contributed by atoms with Crippen LogP contribution >= 0.6 is 0 Å². The van der Waals surface area contributed by atoms with Gasteiger partial charge in [-0.3, -0.25) is 0 Å². The van der Waals surface area contributed by atoms with Crippen molar-refractivity contribution in [1.29, 1.82) is 0 Å².